The number of hydrogen-bond acceptors (Lipinski definition) is 11. The monoisotopic (exact) mass is 540 g/mol. The van der Waals surface area contributed by atoms with E-state index in [9.17, 15) is 0 Å². The Labute approximate surface area is 223 Å². The van der Waals surface area contributed by atoms with Crippen LogP contribution in [0.3, 0.4) is 0 Å². The third-order valence-corrected chi connectivity index (χ3v) is 4.95. The van der Waals surface area contributed by atoms with Crippen molar-refractivity contribution in [2.75, 3.05) is 126 Å². The Hall–Kier alpha value is -0.440. The van der Waals surface area contributed by atoms with Crippen LogP contribution < -0.4 is 0 Å². The van der Waals surface area contributed by atoms with Crippen molar-refractivity contribution in [2.45, 2.75) is 45.5 Å². The molecular weight excluding hydrogens is 488 g/mol. The van der Waals surface area contributed by atoms with Crippen LogP contribution >= 0.6 is 0 Å². The molecule has 0 saturated carbocycles. The highest BCUT2D eigenvalue weighted by Crippen LogP contribution is 2.13. The molecule has 0 radical (unpaired) electrons. The first-order valence-corrected chi connectivity index (χ1v) is 13.8. The molecule has 1 aliphatic heterocycles. The summed E-state index contributed by atoms with van der Waals surface area (Å²) in [6.45, 7) is 14.6. The van der Waals surface area contributed by atoms with Gasteiger partial charge in [0.05, 0.1) is 125 Å². The molecule has 1 atom stereocenters. The van der Waals surface area contributed by atoms with Gasteiger partial charge in [-0.1, -0.05) is 0 Å². The second-order valence-corrected chi connectivity index (χ2v) is 8.49. The van der Waals surface area contributed by atoms with Gasteiger partial charge >= 0.3 is 0 Å². The lowest BCUT2D eigenvalue weighted by atomic mass is 10.2. The van der Waals surface area contributed by atoms with E-state index in [0.29, 0.717) is 119 Å². The Morgan fingerprint density at radius 3 is 1.16 bits per heavy atom. The summed E-state index contributed by atoms with van der Waals surface area (Å²) in [6.07, 6.45) is 3.45. The lowest BCUT2D eigenvalue weighted by molar-refractivity contribution is -0.169. The highest BCUT2D eigenvalue weighted by atomic mass is 16.7. The number of rotatable bonds is 29. The molecule has 0 bridgehead atoms. The SMILES string of the molecule is CC(C)OCCOCCOCCOCCOCCOCCOCCOCCOCCOC1CCCCO1. The second kappa shape index (κ2) is 28.6. The molecule has 1 unspecified atom stereocenters. The Bertz CT molecular complexity index is 437. The van der Waals surface area contributed by atoms with Crippen molar-refractivity contribution < 1.29 is 52.1 Å². The Morgan fingerprint density at radius 1 is 0.486 bits per heavy atom. The van der Waals surface area contributed by atoms with Crippen LogP contribution in [0.25, 0.3) is 0 Å². The quantitative estimate of drug-likeness (QED) is 0.130. The molecule has 11 heteroatoms. The number of ether oxygens (including phenoxy) is 11. The molecule has 1 fully saturated rings. The highest BCUT2D eigenvalue weighted by molar-refractivity contribution is 4.53. The van der Waals surface area contributed by atoms with Crippen molar-refractivity contribution in [1.82, 2.24) is 0 Å². The van der Waals surface area contributed by atoms with Crippen molar-refractivity contribution in [3.8, 4) is 0 Å². The summed E-state index contributed by atoms with van der Waals surface area (Å²) < 4.78 is 60.1. The van der Waals surface area contributed by atoms with Crippen molar-refractivity contribution >= 4 is 0 Å². The van der Waals surface area contributed by atoms with Crippen LogP contribution in [0, 0.1) is 0 Å². The molecular formula is C26H52O11. The van der Waals surface area contributed by atoms with Crippen LogP contribution in [-0.4, -0.2) is 138 Å². The molecule has 0 aromatic heterocycles. The van der Waals surface area contributed by atoms with Crippen LogP contribution in [0.5, 0.6) is 0 Å². The Kier molecular flexibility index (Phi) is 26.7. The van der Waals surface area contributed by atoms with Crippen molar-refractivity contribution in [1.29, 1.82) is 0 Å². The Balaban J connectivity index is 1.61. The molecule has 0 aliphatic carbocycles. The number of hydrogen-bond donors (Lipinski definition) is 0. The lowest BCUT2D eigenvalue weighted by Crippen LogP contribution is -2.24. The van der Waals surface area contributed by atoms with Gasteiger partial charge in [-0.15, -0.1) is 0 Å². The molecule has 0 N–H and O–H groups in total. The molecule has 1 heterocycles. The molecule has 1 rings (SSSR count). The van der Waals surface area contributed by atoms with E-state index in [1.165, 1.54) is 6.42 Å². The normalized spacial score (nSPS) is 16.1. The van der Waals surface area contributed by atoms with Gasteiger partial charge in [-0.3, -0.25) is 0 Å². The van der Waals surface area contributed by atoms with Gasteiger partial charge in [0.15, 0.2) is 6.29 Å². The van der Waals surface area contributed by atoms with E-state index in [1.54, 1.807) is 0 Å². The summed E-state index contributed by atoms with van der Waals surface area (Å²) in [5.41, 5.74) is 0. The van der Waals surface area contributed by atoms with E-state index in [1.807, 2.05) is 13.8 Å². The maximum absolute atomic E-state index is 5.60. The minimum absolute atomic E-state index is 0.0597. The van der Waals surface area contributed by atoms with E-state index in [-0.39, 0.29) is 12.4 Å². The first kappa shape index (κ1) is 34.6. The summed E-state index contributed by atoms with van der Waals surface area (Å²) in [6, 6.07) is 0. The van der Waals surface area contributed by atoms with Crippen LogP contribution in [0.4, 0.5) is 0 Å². The van der Waals surface area contributed by atoms with Gasteiger partial charge in [-0.05, 0) is 33.1 Å². The zero-order chi connectivity index (χ0) is 26.5. The van der Waals surface area contributed by atoms with Crippen LogP contribution in [0.15, 0.2) is 0 Å². The van der Waals surface area contributed by atoms with E-state index in [0.717, 1.165) is 19.4 Å². The fourth-order valence-corrected chi connectivity index (χ4v) is 3.07. The van der Waals surface area contributed by atoms with E-state index < -0.39 is 0 Å². The van der Waals surface area contributed by atoms with Gasteiger partial charge in [0, 0.05) is 6.61 Å². The summed E-state index contributed by atoms with van der Waals surface area (Å²) in [4.78, 5) is 0. The molecule has 1 aliphatic rings. The summed E-state index contributed by atoms with van der Waals surface area (Å²) in [5.74, 6) is 0. The van der Waals surface area contributed by atoms with Crippen molar-refractivity contribution in [2.24, 2.45) is 0 Å². The summed E-state index contributed by atoms with van der Waals surface area (Å²) in [5, 5.41) is 0. The Morgan fingerprint density at radius 2 is 0.838 bits per heavy atom. The van der Waals surface area contributed by atoms with Crippen molar-refractivity contribution in [3.05, 3.63) is 0 Å². The fourth-order valence-electron chi connectivity index (χ4n) is 3.07. The summed E-state index contributed by atoms with van der Waals surface area (Å²) in [7, 11) is 0. The van der Waals surface area contributed by atoms with Gasteiger partial charge in [-0.2, -0.15) is 0 Å². The van der Waals surface area contributed by atoms with E-state index >= 15 is 0 Å². The predicted molar refractivity (Wildman–Crippen MR) is 137 cm³/mol. The minimum atomic E-state index is -0.0597. The first-order chi connectivity index (χ1) is 18.3. The third-order valence-electron chi connectivity index (χ3n) is 4.95. The van der Waals surface area contributed by atoms with E-state index in [4.69, 9.17) is 52.1 Å². The minimum Gasteiger partial charge on any atom is -0.377 e. The van der Waals surface area contributed by atoms with Crippen LogP contribution in [0.1, 0.15) is 33.1 Å². The summed E-state index contributed by atoms with van der Waals surface area (Å²) >= 11 is 0. The smallest absolute Gasteiger partial charge is 0.157 e. The van der Waals surface area contributed by atoms with E-state index in [2.05, 4.69) is 0 Å². The highest BCUT2D eigenvalue weighted by Gasteiger charge is 2.13. The maximum atomic E-state index is 5.60. The lowest BCUT2D eigenvalue weighted by Gasteiger charge is -2.22. The molecule has 11 nitrogen and oxygen atoms in total. The van der Waals surface area contributed by atoms with Gasteiger partial charge in [0.1, 0.15) is 0 Å². The van der Waals surface area contributed by atoms with Gasteiger partial charge in [0.25, 0.3) is 0 Å². The van der Waals surface area contributed by atoms with Gasteiger partial charge in [0.2, 0.25) is 0 Å². The second-order valence-electron chi connectivity index (χ2n) is 8.49. The van der Waals surface area contributed by atoms with Gasteiger partial charge in [-0.25, -0.2) is 0 Å². The third kappa shape index (κ3) is 26.9. The molecule has 0 aromatic carbocycles. The fraction of sp³-hybridized carbons (Fsp3) is 1.00. The largest absolute Gasteiger partial charge is 0.377 e. The topological polar surface area (TPSA) is 102 Å². The average Bonchev–Trinajstić information content (AvgIpc) is 2.90. The zero-order valence-corrected chi connectivity index (χ0v) is 23.2. The molecule has 0 spiro atoms. The van der Waals surface area contributed by atoms with Gasteiger partial charge < -0.3 is 52.1 Å². The molecule has 222 valence electrons. The molecule has 1 saturated heterocycles. The average molecular weight is 541 g/mol. The van der Waals surface area contributed by atoms with Crippen LogP contribution in [-0.2, 0) is 52.1 Å². The maximum Gasteiger partial charge on any atom is 0.157 e. The predicted octanol–water partition coefficient (Wildman–Crippen LogP) is 2.09. The molecule has 0 aromatic rings. The first-order valence-electron chi connectivity index (χ1n) is 13.8. The molecule has 37 heavy (non-hydrogen) atoms. The standard InChI is InChI=1S/C26H52O11/c1-25(2)35-23-21-33-19-17-31-15-13-29-11-9-27-7-8-28-10-12-30-14-16-32-18-20-34-22-24-37-26-5-3-4-6-36-26/h25-26H,3-24H2,1-2H3. The van der Waals surface area contributed by atoms with Crippen molar-refractivity contribution in [3.63, 3.8) is 0 Å². The zero-order valence-electron chi connectivity index (χ0n) is 23.2. The van der Waals surface area contributed by atoms with Crippen LogP contribution in [0.2, 0.25) is 0 Å². The molecule has 0 amide bonds.